The number of carbonyl (C=O) groups is 2. The fraction of sp³-hybridized carbons (Fsp3) is 0.500. The second-order valence-corrected chi connectivity index (χ2v) is 4.98. The van der Waals surface area contributed by atoms with Gasteiger partial charge in [-0.2, -0.15) is 0 Å². The SMILES string of the molecule is C=CC(=O)NCCSSCCC(=O)O. The third-order valence-corrected chi connectivity index (χ3v) is 3.56. The first-order valence-electron chi connectivity index (χ1n) is 4.03. The molecule has 0 saturated heterocycles. The van der Waals surface area contributed by atoms with Crippen LogP contribution in [0.1, 0.15) is 6.42 Å². The maximum atomic E-state index is 10.7. The summed E-state index contributed by atoms with van der Waals surface area (Å²) in [6.07, 6.45) is 1.40. The molecular weight excluding hydrogens is 222 g/mol. The molecule has 0 bridgehead atoms. The molecule has 0 aliphatic heterocycles. The molecule has 0 spiro atoms. The standard InChI is InChI=1S/C8H13NO3S2/c1-2-7(10)9-4-6-14-13-5-3-8(11)12/h2H,1,3-6H2,(H,9,10)(H,11,12). The van der Waals surface area contributed by atoms with Crippen LogP contribution in [0, 0.1) is 0 Å². The van der Waals surface area contributed by atoms with Crippen LogP contribution in [0.2, 0.25) is 0 Å². The van der Waals surface area contributed by atoms with Gasteiger partial charge in [-0.1, -0.05) is 28.2 Å². The maximum absolute atomic E-state index is 10.7. The fourth-order valence-electron chi connectivity index (χ4n) is 0.535. The summed E-state index contributed by atoms with van der Waals surface area (Å²) in [7, 11) is 3.05. The lowest BCUT2D eigenvalue weighted by Crippen LogP contribution is -2.23. The second-order valence-electron chi connectivity index (χ2n) is 2.28. The zero-order chi connectivity index (χ0) is 10.8. The van der Waals surface area contributed by atoms with E-state index in [9.17, 15) is 9.59 Å². The minimum Gasteiger partial charge on any atom is -0.481 e. The van der Waals surface area contributed by atoms with Crippen LogP contribution in [0.15, 0.2) is 12.7 Å². The molecule has 6 heteroatoms. The number of nitrogens with one attached hydrogen (secondary N) is 1. The third kappa shape index (κ3) is 9.47. The average Bonchev–Trinajstić information content (AvgIpc) is 2.15. The quantitative estimate of drug-likeness (QED) is 0.375. The summed E-state index contributed by atoms with van der Waals surface area (Å²) in [5.41, 5.74) is 0. The number of amides is 1. The van der Waals surface area contributed by atoms with Gasteiger partial charge in [-0.05, 0) is 6.08 Å². The molecule has 0 unspecified atom stereocenters. The number of hydrogen-bond donors (Lipinski definition) is 2. The van der Waals surface area contributed by atoms with Crippen LogP contribution < -0.4 is 5.32 Å². The van der Waals surface area contributed by atoms with Crippen molar-refractivity contribution in [2.24, 2.45) is 0 Å². The summed E-state index contributed by atoms with van der Waals surface area (Å²) < 4.78 is 0. The van der Waals surface area contributed by atoms with Crippen molar-refractivity contribution in [1.82, 2.24) is 5.32 Å². The highest BCUT2D eigenvalue weighted by atomic mass is 33.1. The van der Waals surface area contributed by atoms with E-state index >= 15 is 0 Å². The van der Waals surface area contributed by atoms with Crippen molar-refractivity contribution in [3.8, 4) is 0 Å². The summed E-state index contributed by atoms with van der Waals surface area (Å²) in [4.78, 5) is 20.8. The molecule has 0 aliphatic carbocycles. The van der Waals surface area contributed by atoms with Gasteiger partial charge in [-0.3, -0.25) is 9.59 Å². The Bertz CT molecular complexity index is 209. The van der Waals surface area contributed by atoms with Crippen LogP contribution >= 0.6 is 21.6 Å². The Morgan fingerprint density at radius 3 is 2.57 bits per heavy atom. The van der Waals surface area contributed by atoms with E-state index in [2.05, 4.69) is 11.9 Å². The third-order valence-electron chi connectivity index (χ3n) is 1.15. The number of carboxylic acid groups (broad SMARTS) is 1. The van der Waals surface area contributed by atoms with Gasteiger partial charge in [0.25, 0.3) is 0 Å². The Labute approximate surface area is 90.9 Å². The molecule has 4 nitrogen and oxygen atoms in total. The highest BCUT2D eigenvalue weighted by molar-refractivity contribution is 8.76. The fourth-order valence-corrected chi connectivity index (χ4v) is 2.42. The lowest BCUT2D eigenvalue weighted by Gasteiger charge is -2.00. The first-order chi connectivity index (χ1) is 6.66. The van der Waals surface area contributed by atoms with E-state index in [1.165, 1.54) is 16.9 Å². The van der Waals surface area contributed by atoms with Gasteiger partial charge < -0.3 is 10.4 Å². The van der Waals surface area contributed by atoms with Crippen LogP contribution in [0.25, 0.3) is 0 Å². The lowest BCUT2D eigenvalue weighted by atomic mass is 10.5. The Hall–Kier alpha value is -0.620. The topological polar surface area (TPSA) is 66.4 Å². The first-order valence-corrected chi connectivity index (χ1v) is 6.52. The zero-order valence-electron chi connectivity index (χ0n) is 7.69. The van der Waals surface area contributed by atoms with Crippen LogP contribution in [0.4, 0.5) is 0 Å². The molecule has 0 aromatic rings. The molecule has 0 saturated carbocycles. The van der Waals surface area contributed by atoms with Crippen molar-refractivity contribution in [2.75, 3.05) is 18.1 Å². The molecule has 2 N–H and O–H groups in total. The summed E-state index contributed by atoms with van der Waals surface area (Å²) in [6.45, 7) is 3.90. The molecule has 14 heavy (non-hydrogen) atoms. The van der Waals surface area contributed by atoms with E-state index < -0.39 is 5.97 Å². The van der Waals surface area contributed by atoms with E-state index in [0.717, 1.165) is 5.75 Å². The number of rotatable bonds is 8. The van der Waals surface area contributed by atoms with E-state index in [1.807, 2.05) is 0 Å². The molecule has 0 fully saturated rings. The molecule has 80 valence electrons. The van der Waals surface area contributed by atoms with E-state index in [0.29, 0.717) is 12.3 Å². The molecule has 0 atom stereocenters. The van der Waals surface area contributed by atoms with Crippen LogP contribution in [0.3, 0.4) is 0 Å². The van der Waals surface area contributed by atoms with Gasteiger partial charge in [-0.15, -0.1) is 0 Å². The van der Waals surface area contributed by atoms with Gasteiger partial charge >= 0.3 is 5.97 Å². The molecule has 0 radical (unpaired) electrons. The van der Waals surface area contributed by atoms with Crippen molar-refractivity contribution in [2.45, 2.75) is 6.42 Å². The van der Waals surface area contributed by atoms with Gasteiger partial charge in [0, 0.05) is 18.1 Å². The predicted octanol–water partition coefficient (Wildman–Crippen LogP) is 1.14. The number of aliphatic carboxylic acids is 1. The van der Waals surface area contributed by atoms with Crippen molar-refractivity contribution in [1.29, 1.82) is 0 Å². The number of carbonyl (C=O) groups excluding carboxylic acids is 1. The summed E-state index contributed by atoms with van der Waals surface area (Å²) >= 11 is 0. The first kappa shape index (κ1) is 13.4. The normalized spacial score (nSPS) is 9.43. The van der Waals surface area contributed by atoms with Gasteiger partial charge in [0.15, 0.2) is 0 Å². The van der Waals surface area contributed by atoms with Crippen LogP contribution in [-0.2, 0) is 9.59 Å². The Balaban J connectivity index is 3.10. The highest BCUT2D eigenvalue weighted by Gasteiger charge is 1.97. The van der Waals surface area contributed by atoms with Gasteiger partial charge in [-0.25, -0.2) is 0 Å². The number of hydrogen-bond acceptors (Lipinski definition) is 4. The number of carboxylic acids is 1. The van der Waals surface area contributed by atoms with Crippen molar-refractivity contribution in [3.05, 3.63) is 12.7 Å². The monoisotopic (exact) mass is 235 g/mol. The molecular formula is C8H13NO3S2. The van der Waals surface area contributed by atoms with E-state index in [-0.39, 0.29) is 12.3 Å². The molecule has 1 amide bonds. The van der Waals surface area contributed by atoms with E-state index in [4.69, 9.17) is 5.11 Å². The van der Waals surface area contributed by atoms with Gasteiger partial charge in [0.1, 0.15) is 0 Å². The van der Waals surface area contributed by atoms with Gasteiger partial charge in [0.2, 0.25) is 5.91 Å². The molecule has 0 heterocycles. The predicted molar refractivity (Wildman–Crippen MR) is 60.4 cm³/mol. The average molecular weight is 235 g/mol. The maximum Gasteiger partial charge on any atom is 0.304 e. The summed E-state index contributed by atoms with van der Waals surface area (Å²) in [6, 6.07) is 0. The molecule has 0 aromatic carbocycles. The van der Waals surface area contributed by atoms with E-state index in [1.54, 1.807) is 10.8 Å². The molecule has 0 aromatic heterocycles. The smallest absolute Gasteiger partial charge is 0.304 e. The molecule has 0 rings (SSSR count). The molecule has 0 aliphatic rings. The van der Waals surface area contributed by atoms with Crippen molar-refractivity contribution in [3.63, 3.8) is 0 Å². The Kier molecular flexibility index (Phi) is 8.56. The minimum atomic E-state index is -0.780. The summed E-state index contributed by atoms with van der Waals surface area (Å²) in [5.74, 6) is 0.401. The largest absolute Gasteiger partial charge is 0.481 e. The zero-order valence-corrected chi connectivity index (χ0v) is 9.33. The van der Waals surface area contributed by atoms with Crippen LogP contribution in [-0.4, -0.2) is 35.0 Å². The van der Waals surface area contributed by atoms with Crippen LogP contribution in [0.5, 0.6) is 0 Å². The minimum absolute atomic E-state index is 0.177. The van der Waals surface area contributed by atoms with Crippen molar-refractivity contribution >= 4 is 33.5 Å². The highest BCUT2D eigenvalue weighted by Crippen LogP contribution is 2.20. The lowest BCUT2D eigenvalue weighted by molar-refractivity contribution is -0.136. The Morgan fingerprint density at radius 1 is 1.36 bits per heavy atom. The summed E-state index contributed by atoms with van der Waals surface area (Å²) in [5, 5.41) is 11.0. The second kappa shape index (κ2) is 8.96. The van der Waals surface area contributed by atoms with Crippen molar-refractivity contribution < 1.29 is 14.7 Å². The Morgan fingerprint density at radius 2 is 2.00 bits per heavy atom. The van der Waals surface area contributed by atoms with Gasteiger partial charge in [0.05, 0.1) is 6.42 Å².